The minimum absolute atomic E-state index is 0.144. The number of piperazine rings is 1. The Morgan fingerprint density at radius 2 is 2.00 bits per heavy atom. The summed E-state index contributed by atoms with van der Waals surface area (Å²) in [7, 11) is -0.417. The summed E-state index contributed by atoms with van der Waals surface area (Å²) in [6, 6.07) is 1.67. The van der Waals surface area contributed by atoms with Crippen LogP contribution in [0.3, 0.4) is 0 Å². The molecular formula is C13H21N5O4S. The monoisotopic (exact) mass is 343 g/mol. The Morgan fingerprint density at radius 1 is 1.35 bits per heavy atom. The molecule has 1 fully saturated rings. The number of carbonyl (C=O) groups is 1. The Bertz CT molecular complexity index is 658. The third-order valence-electron chi connectivity index (χ3n) is 3.67. The van der Waals surface area contributed by atoms with Gasteiger partial charge in [-0.25, -0.2) is 13.4 Å². The van der Waals surface area contributed by atoms with E-state index in [4.69, 9.17) is 4.74 Å². The highest BCUT2D eigenvalue weighted by molar-refractivity contribution is 7.88. The number of carbonyl (C=O) groups excluding carboxylic acids is 1. The van der Waals surface area contributed by atoms with Crippen LogP contribution in [0.1, 0.15) is 0 Å². The molecule has 9 nitrogen and oxygen atoms in total. The van der Waals surface area contributed by atoms with Gasteiger partial charge >= 0.3 is 0 Å². The van der Waals surface area contributed by atoms with Crippen molar-refractivity contribution < 1.29 is 17.9 Å². The molecule has 1 saturated heterocycles. The molecule has 1 aromatic heterocycles. The summed E-state index contributed by atoms with van der Waals surface area (Å²) in [6.07, 6.45) is 2.71. The molecule has 0 aliphatic carbocycles. The summed E-state index contributed by atoms with van der Waals surface area (Å²) in [5.74, 6) is 0.845. The molecule has 23 heavy (non-hydrogen) atoms. The molecule has 0 aromatic carbocycles. The Balaban J connectivity index is 1.91. The van der Waals surface area contributed by atoms with Crippen LogP contribution in [-0.2, 0) is 14.8 Å². The lowest BCUT2D eigenvalue weighted by atomic mass is 10.3. The van der Waals surface area contributed by atoms with Gasteiger partial charge in [0.05, 0.1) is 19.9 Å². The second kappa shape index (κ2) is 7.09. The number of rotatable bonds is 5. The summed E-state index contributed by atoms with van der Waals surface area (Å²) in [4.78, 5) is 24.2. The fourth-order valence-corrected chi connectivity index (χ4v) is 2.51. The van der Waals surface area contributed by atoms with E-state index in [0.29, 0.717) is 38.0 Å². The van der Waals surface area contributed by atoms with Crippen LogP contribution >= 0.6 is 0 Å². The van der Waals surface area contributed by atoms with Crippen molar-refractivity contribution in [3.05, 3.63) is 12.3 Å². The van der Waals surface area contributed by atoms with Crippen molar-refractivity contribution in [3.63, 3.8) is 0 Å². The van der Waals surface area contributed by atoms with E-state index in [1.165, 1.54) is 7.05 Å². The fraction of sp³-hybridized carbons (Fsp3) is 0.615. The summed E-state index contributed by atoms with van der Waals surface area (Å²) < 4.78 is 28.9. The number of methoxy groups -OCH3 is 1. The van der Waals surface area contributed by atoms with Gasteiger partial charge in [0.25, 0.3) is 0 Å². The van der Waals surface area contributed by atoms with Crippen LogP contribution in [0.2, 0.25) is 0 Å². The number of nitrogens with zero attached hydrogens (tertiary/aromatic N) is 5. The van der Waals surface area contributed by atoms with Crippen LogP contribution in [0.15, 0.2) is 12.3 Å². The van der Waals surface area contributed by atoms with E-state index < -0.39 is 10.0 Å². The Kier molecular flexibility index (Phi) is 5.37. The van der Waals surface area contributed by atoms with Gasteiger partial charge < -0.3 is 14.5 Å². The molecule has 1 amide bonds. The van der Waals surface area contributed by atoms with Crippen molar-refractivity contribution in [1.29, 1.82) is 0 Å². The number of amides is 1. The predicted molar refractivity (Wildman–Crippen MR) is 84.9 cm³/mol. The van der Waals surface area contributed by atoms with Crippen molar-refractivity contribution in [2.75, 3.05) is 58.0 Å². The van der Waals surface area contributed by atoms with Gasteiger partial charge in [0.15, 0.2) is 0 Å². The quantitative estimate of drug-likeness (QED) is 0.678. The van der Waals surface area contributed by atoms with Gasteiger partial charge in [0.1, 0.15) is 0 Å². The molecule has 0 spiro atoms. The fourth-order valence-electron chi connectivity index (χ4n) is 2.16. The Hall–Kier alpha value is -1.94. The third kappa shape index (κ3) is 4.52. The largest absolute Gasteiger partial charge is 0.481 e. The smallest absolute Gasteiger partial charge is 0.238 e. The van der Waals surface area contributed by atoms with Gasteiger partial charge in [0, 0.05) is 45.5 Å². The first-order valence-electron chi connectivity index (χ1n) is 7.12. The predicted octanol–water partition coefficient (Wildman–Crippen LogP) is -0.975. The van der Waals surface area contributed by atoms with E-state index in [-0.39, 0.29) is 12.5 Å². The highest BCUT2D eigenvalue weighted by atomic mass is 32.2. The van der Waals surface area contributed by atoms with Crippen molar-refractivity contribution in [2.45, 2.75) is 0 Å². The molecule has 2 heterocycles. The van der Waals surface area contributed by atoms with E-state index in [1.54, 1.807) is 24.3 Å². The number of likely N-dealkylation sites (N-methyl/N-ethyl adjacent to an activating group) is 1. The van der Waals surface area contributed by atoms with Gasteiger partial charge in [0.2, 0.25) is 27.8 Å². The number of hydrogen-bond acceptors (Lipinski definition) is 7. The second-order valence-corrected chi connectivity index (χ2v) is 7.38. The summed E-state index contributed by atoms with van der Waals surface area (Å²) >= 11 is 0. The van der Waals surface area contributed by atoms with Crippen LogP contribution in [0.5, 0.6) is 5.88 Å². The number of sulfonamides is 1. The van der Waals surface area contributed by atoms with Crippen LogP contribution in [0, 0.1) is 0 Å². The van der Waals surface area contributed by atoms with Crippen molar-refractivity contribution in [2.24, 2.45) is 0 Å². The first-order valence-corrected chi connectivity index (χ1v) is 8.97. The van der Waals surface area contributed by atoms with E-state index in [2.05, 4.69) is 9.97 Å². The average molecular weight is 343 g/mol. The van der Waals surface area contributed by atoms with Gasteiger partial charge in [-0.1, -0.05) is 0 Å². The maximum atomic E-state index is 12.1. The lowest BCUT2D eigenvalue weighted by molar-refractivity contribution is -0.131. The molecule has 10 heteroatoms. The van der Waals surface area contributed by atoms with Crippen LogP contribution in [-0.4, -0.2) is 86.6 Å². The van der Waals surface area contributed by atoms with Crippen LogP contribution in [0.25, 0.3) is 0 Å². The second-order valence-electron chi connectivity index (χ2n) is 5.29. The molecule has 0 radical (unpaired) electrons. The molecule has 1 aromatic rings. The normalized spacial score (nSPS) is 15.8. The molecule has 128 valence electrons. The molecule has 0 atom stereocenters. The first kappa shape index (κ1) is 17.4. The van der Waals surface area contributed by atoms with Gasteiger partial charge in [-0.2, -0.15) is 9.29 Å². The standard InChI is InChI=1S/C13H21N5O4S/c1-16(23(3,20)21)10-12(19)17-6-8-18(9-7-17)13-14-5-4-11(15-13)22-2/h4-5H,6-10H2,1-3H3. The Morgan fingerprint density at radius 3 is 2.57 bits per heavy atom. The van der Waals surface area contributed by atoms with Gasteiger partial charge in [-0.05, 0) is 0 Å². The lowest BCUT2D eigenvalue weighted by Crippen LogP contribution is -2.51. The zero-order valence-electron chi connectivity index (χ0n) is 13.5. The van der Waals surface area contributed by atoms with E-state index in [9.17, 15) is 13.2 Å². The number of anilines is 1. The number of hydrogen-bond donors (Lipinski definition) is 0. The lowest BCUT2D eigenvalue weighted by Gasteiger charge is -2.35. The van der Waals surface area contributed by atoms with Crippen molar-refractivity contribution in [3.8, 4) is 5.88 Å². The average Bonchev–Trinajstić information content (AvgIpc) is 2.54. The highest BCUT2D eigenvalue weighted by Gasteiger charge is 2.25. The maximum Gasteiger partial charge on any atom is 0.238 e. The third-order valence-corrected chi connectivity index (χ3v) is 4.93. The summed E-state index contributed by atoms with van der Waals surface area (Å²) in [6.45, 7) is 2.02. The van der Waals surface area contributed by atoms with E-state index in [0.717, 1.165) is 10.6 Å². The minimum atomic E-state index is -3.36. The molecule has 1 aliphatic heterocycles. The molecule has 0 bridgehead atoms. The molecule has 1 aliphatic rings. The van der Waals surface area contributed by atoms with Crippen molar-refractivity contribution >= 4 is 21.9 Å². The maximum absolute atomic E-state index is 12.1. The molecule has 0 N–H and O–H groups in total. The molecule has 0 saturated carbocycles. The zero-order chi connectivity index (χ0) is 17.0. The topological polar surface area (TPSA) is 95.9 Å². The molecule has 2 rings (SSSR count). The van der Waals surface area contributed by atoms with Crippen LogP contribution in [0.4, 0.5) is 5.95 Å². The van der Waals surface area contributed by atoms with E-state index in [1.807, 2.05) is 4.90 Å². The first-order chi connectivity index (χ1) is 10.8. The SMILES string of the molecule is COc1ccnc(N2CCN(C(=O)CN(C)S(C)(=O)=O)CC2)n1. The van der Waals surface area contributed by atoms with E-state index >= 15 is 0 Å². The highest BCUT2D eigenvalue weighted by Crippen LogP contribution is 2.14. The van der Waals surface area contributed by atoms with Gasteiger partial charge in [-0.15, -0.1) is 0 Å². The minimum Gasteiger partial charge on any atom is -0.481 e. The Labute approximate surface area is 135 Å². The number of aromatic nitrogens is 2. The number of ether oxygens (including phenoxy) is 1. The summed E-state index contributed by atoms with van der Waals surface area (Å²) in [5, 5.41) is 0. The van der Waals surface area contributed by atoms with Crippen molar-refractivity contribution in [1.82, 2.24) is 19.2 Å². The molecule has 0 unspecified atom stereocenters. The van der Waals surface area contributed by atoms with Crippen LogP contribution < -0.4 is 9.64 Å². The summed E-state index contributed by atoms with van der Waals surface area (Å²) in [5.41, 5.74) is 0. The zero-order valence-corrected chi connectivity index (χ0v) is 14.3. The van der Waals surface area contributed by atoms with Gasteiger partial charge in [-0.3, -0.25) is 4.79 Å². The molecular weight excluding hydrogens is 322 g/mol.